The van der Waals surface area contributed by atoms with Gasteiger partial charge in [-0.05, 0) is 30.9 Å². The first kappa shape index (κ1) is 14.2. The Labute approximate surface area is 128 Å². The van der Waals surface area contributed by atoms with E-state index in [1.165, 1.54) is 5.56 Å². The van der Waals surface area contributed by atoms with Gasteiger partial charge in [-0.2, -0.15) is 0 Å². The van der Waals surface area contributed by atoms with Crippen LogP contribution in [0.25, 0.3) is 0 Å². The number of hydrogen-bond donors (Lipinski definition) is 2. The van der Waals surface area contributed by atoms with Gasteiger partial charge in [0.1, 0.15) is 16.8 Å². The molecule has 2 heterocycles. The summed E-state index contributed by atoms with van der Waals surface area (Å²) in [6, 6.07) is 1.49. The molecule has 0 bridgehead atoms. The first-order chi connectivity index (χ1) is 10.1. The number of pyridine rings is 1. The van der Waals surface area contributed by atoms with Gasteiger partial charge in [0.05, 0.1) is 18.8 Å². The van der Waals surface area contributed by atoms with Gasteiger partial charge in [0.15, 0.2) is 0 Å². The van der Waals surface area contributed by atoms with Crippen LogP contribution in [0.5, 0.6) is 0 Å². The number of ether oxygens (including phenoxy) is 1. The Kier molecular flexibility index (Phi) is 3.77. The number of rotatable bonds is 3. The summed E-state index contributed by atoms with van der Waals surface area (Å²) in [6.45, 7) is 1.35. The number of anilines is 1. The number of hydrogen-bond acceptors (Lipinski definition) is 5. The highest BCUT2D eigenvalue weighted by Gasteiger charge is 2.31. The number of aromatic nitrogens is 1. The zero-order chi connectivity index (χ0) is 15.0. The molecule has 6 nitrogen and oxygen atoms in total. The number of morpholine rings is 1. The van der Waals surface area contributed by atoms with Gasteiger partial charge in [0.25, 0.3) is 0 Å². The van der Waals surface area contributed by atoms with Crippen LogP contribution in [0, 0.1) is 0 Å². The first-order valence-electron chi connectivity index (χ1n) is 7.04. The molecular formula is C14H18N4O2S. The molecule has 1 aromatic rings. The van der Waals surface area contributed by atoms with Crippen molar-refractivity contribution in [1.82, 2.24) is 4.98 Å². The minimum Gasteiger partial charge on any atom is -0.389 e. The molecular weight excluding hydrogens is 288 g/mol. The summed E-state index contributed by atoms with van der Waals surface area (Å²) in [5.41, 5.74) is 14.3. The van der Waals surface area contributed by atoms with Gasteiger partial charge in [-0.3, -0.25) is 4.79 Å². The largest absolute Gasteiger partial charge is 0.389 e. The highest BCUT2D eigenvalue weighted by atomic mass is 32.1. The van der Waals surface area contributed by atoms with Crippen molar-refractivity contribution in [3.05, 3.63) is 22.9 Å². The average Bonchev–Trinajstić information content (AvgIpc) is 2.93. The smallest absolute Gasteiger partial charge is 0.242 e. The van der Waals surface area contributed by atoms with E-state index in [1.807, 2.05) is 11.0 Å². The van der Waals surface area contributed by atoms with Crippen LogP contribution in [0.2, 0.25) is 0 Å². The Morgan fingerprint density at radius 2 is 2.24 bits per heavy atom. The van der Waals surface area contributed by atoms with E-state index < -0.39 is 11.9 Å². The molecule has 0 radical (unpaired) electrons. The fourth-order valence-corrected chi connectivity index (χ4v) is 3.10. The maximum Gasteiger partial charge on any atom is 0.242 e. The van der Waals surface area contributed by atoms with Gasteiger partial charge in [-0.15, -0.1) is 0 Å². The number of nitrogens with two attached hydrogens (primary N) is 2. The van der Waals surface area contributed by atoms with E-state index in [0.717, 1.165) is 30.5 Å². The number of fused-ring (bicyclic) bond motifs is 1. The minimum atomic E-state index is -0.529. The zero-order valence-corrected chi connectivity index (χ0v) is 12.5. The van der Waals surface area contributed by atoms with Crippen LogP contribution in [0.1, 0.15) is 23.2 Å². The highest BCUT2D eigenvalue weighted by molar-refractivity contribution is 7.80. The summed E-state index contributed by atoms with van der Waals surface area (Å²) in [7, 11) is 0. The zero-order valence-electron chi connectivity index (χ0n) is 11.7. The van der Waals surface area contributed by atoms with E-state index in [4.69, 9.17) is 33.4 Å². The Balaban J connectivity index is 2.07. The van der Waals surface area contributed by atoms with Gasteiger partial charge < -0.3 is 21.1 Å². The maximum atomic E-state index is 11.7. The molecule has 1 aromatic heterocycles. The lowest BCUT2D eigenvalue weighted by molar-refractivity contribution is -0.121. The number of nitrogens with zero attached hydrogens (tertiary/aromatic N) is 2. The second-order valence-corrected chi connectivity index (χ2v) is 5.81. The number of carbonyl (C=O) groups is 1. The van der Waals surface area contributed by atoms with Gasteiger partial charge in [0.2, 0.25) is 5.91 Å². The first-order valence-corrected chi connectivity index (χ1v) is 7.45. The molecule has 7 heteroatoms. The maximum absolute atomic E-state index is 11.7. The summed E-state index contributed by atoms with van der Waals surface area (Å²) in [5, 5.41) is 0. The van der Waals surface area contributed by atoms with Crippen LogP contribution in [-0.4, -0.2) is 41.7 Å². The molecule has 1 aliphatic heterocycles. The monoisotopic (exact) mass is 306 g/mol. The molecule has 0 spiro atoms. The van der Waals surface area contributed by atoms with E-state index in [1.54, 1.807) is 0 Å². The molecule has 1 amide bonds. The van der Waals surface area contributed by atoms with E-state index in [9.17, 15) is 4.79 Å². The fraction of sp³-hybridized carbons (Fsp3) is 0.500. The van der Waals surface area contributed by atoms with Gasteiger partial charge >= 0.3 is 0 Å². The number of primary amides is 1. The molecule has 21 heavy (non-hydrogen) atoms. The molecule has 1 saturated heterocycles. The highest BCUT2D eigenvalue weighted by Crippen LogP contribution is 2.29. The molecule has 0 saturated carbocycles. The third-order valence-electron chi connectivity index (χ3n) is 4.03. The molecule has 1 unspecified atom stereocenters. The van der Waals surface area contributed by atoms with E-state index >= 15 is 0 Å². The summed E-state index contributed by atoms with van der Waals surface area (Å²) in [5.74, 6) is 0.237. The van der Waals surface area contributed by atoms with Crippen LogP contribution >= 0.6 is 12.2 Å². The van der Waals surface area contributed by atoms with Crippen molar-refractivity contribution in [1.29, 1.82) is 0 Å². The summed E-state index contributed by atoms with van der Waals surface area (Å²) in [4.78, 5) is 18.6. The number of aryl methyl sites for hydroxylation is 2. The van der Waals surface area contributed by atoms with Crippen molar-refractivity contribution in [2.45, 2.75) is 25.3 Å². The molecule has 1 fully saturated rings. The molecule has 1 aliphatic carbocycles. The van der Waals surface area contributed by atoms with Crippen molar-refractivity contribution >= 4 is 28.9 Å². The number of amides is 1. The van der Waals surface area contributed by atoms with E-state index in [2.05, 4.69) is 0 Å². The second-order valence-electron chi connectivity index (χ2n) is 5.37. The van der Waals surface area contributed by atoms with Gasteiger partial charge in [-0.25, -0.2) is 4.98 Å². The summed E-state index contributed by atoms with van der Waals surface area (Å²) in [6.07, 6.45) is 3.04. The van der Waals surface area contributed by atoms with Crippen LogP contribution in [0.4, 0.5) is 5.82 Å². The third kappa shape index (κ3) is 2.58. The van der Waals surface area contributed by atoms with Crippen molar-refractivity contribution < 1.29 is 9.53 Å². The van der Waals surface area contributed by atoms with E-state index in [-0.39, 0.29) is 6.61 Å². The predicted octanol–water partition coefficient (Wildman–Crippen LogP) is -0.105. The SMILES string of the molecule is NC(=O)C1COCCN1c1nc2c(cc1C(N)=S)CCC2. The topological polar surface area (TPSA) is 94.5 Å². The molecule has 112 valence electrons. The average molecular weight is 306 g/mol. The molecule has 3 rings (SSSR count). The minimum absolute atomic E-state index is 0.269. The van der Waals surface area contributed by atoms with Gasteiger partial charge in [-0.1, -0.05) is 12.2 Å². The van der Waals surface area contributed by atoms with Crippen LogP contribution in [0.15, 0.2) is 6.07 Å². The number of carbonyl (C=O) groups excluding carboxylic acids is 1. The second kappa shape index (κ2) is 5.57. The third-order valence-corrected chi connectivity index (χ3v) is 4.25. The Hall–Kier alpha value is -1.73. The molecule has 4 N–H and O–H groups in total. The number of thiocarbonyl (C=S) groups is 1. The van der Waals surface area contributed by atoms with Crippen LogP contribution < -0.4 is 16.4 Å². The van der Waals surface area contributed by atoms with Crippen LogP contribution in [0.3, 0.4) is 0 Å². The lowest BCUT2D eigenvalue weighted by Crippen LogP contribution is -2.53. The fourth-order valence-electron chi connectivity index (χ4n) is 2.95. The van der Waals surface area contributed by atoms with Crippen LogP contribution in [-0.2, 0) is 22.4 Å². The normalized spacial score (nSPS) is 21.1. The van der Waals surface area contributed by atoms with Crippen molar-refractivity contribution in [2.75, 3.05) is 24.7 Å². The van der Waals surface area contributed by atoms with Crippen molar-refractivity contribution in [3.8, 4) is 0 Å². The summed E-state index contributed by atoms with van der Waals surface area (Å²) >= 11 is 5.16. The van der Waals surface area contributed by atoms with Gasteiger partial charge in [0, 0.05) is 12.2 Å². The van der Waals surface area contributed by atoms with Crippen molar-refractivity contribution in [3.63, 3.8) is 0 Å². The Bertz CT molecular complexity index is 605. The lowest BCUT2D eigenvalue weighted by atomic mass is 10.1. The lowest BCUT2D eigenvalue weighted by Gasteiger charge is -2.35. The van der Waals surface area contributed by atoms with Crippen molar-refractivity contribution in [2.24, 2.45) is 11.5 Å². The predicted molar refractivity (Wildman–Crippen MR) is 83.3 cm³/mol. The summed E-state index contributed by atoms with van der Waals surface area (Å²) < 4.78 is 5.35. The Morgan fingerprint density at radius 3 is 2.95 bits per heavy atom. The van der Waals surface area contributed by atoms with E-state index in [0.29, 0.717) is 24.0 Å². The molecule has 0 aromatic carbocycles. The molecule has 2 aliphatic rings. The quantitative estimate of drug-likeness (QED) is 0.757. The molecule has 1 atom stereocenters. The standard InChI is InChI=1S/C14H18N4O2S/c15-12(19)11-7-20-5-4-18(11)14-9(13(16)21)6-8-2-1-3-10(8)17-14/h6,11H,1-5,7H2,(H2,15,19)(H2,16,21). The Morgan fingerprint density at radius 1 is 1.43 bits per heavy atom.